The van der Waals surface area contributed by atoms with E-state index in [2.05, 4.69) is 98.4 Å². The van der Waals surface area contributed by atoms with Crippen LogP contribution in [0.3, 0.4) is 0 Å². The zero-order valence-electron chi connectivity index (χ0n) is 28.2. The minimum absolute atomic E-state index is 0.0232. The lowest BCUT2D eigenvalue weighted by Crippen LogP contribution is -2.35. The Bertz CT molecular complexity index is 1060. The minimum Gasteiger partial charge on any atom is -0.335 e. The van der Waals surface area contributed by atoms with Crippen LogP contribution in [-0.4, -0.2) is 9.55 Å². The molecule has 0 saturated heterocycles. The van der Waals surface area contributed by atoms with Gasteiger partial charge in [0.2, 0.25) is 0 Å². The molecular formula is C41H64N2. The first-order valence-electron chi connectivity index (χ1n) is 18.3. The fourth-order valence-electron chi connectivity index (χ4n) is 7.07. The highest BCUT2D eigenvalue weighted by atomic mass is 15.1. The van der Waals surface area contributed by atoms with Crippen LogP contribution in [0.2, 0.25) is 0 Å². The van der Waals surface area contributed by atoms with Crippen molar-refractivity contribution >= 4 is 0 Å². The van der Waals surface area contributed by atoms with E-state index in [0.29, 0.717) is 5.92 Å². The maximum absolute atomic E-state index is 5.12. The molecule has 2 heteroatoms. The lowest BCUT2D eigenvalue weighted by Gasteiger charge is -2.39. The second-order valence-electron chi connectivity index (χ2n) is 13.4. The van der Waals surface area contributed by atoms with E-state index >= 15 is 0 Å². The summed E-state index contributed by atoms with van der Waals surface area (Å²) in [6.45, 7) is 8.21. The Morgan fingerprint density at radius 2 is 1.09 bits per heavy atom. The molecule has 0 saturated carbocycles. The van der Waals surface area contributed by atoms with Gasteiger partial charge in [-0.25, -0.2) is 4.98 Å². The summed E-state index contributed by atoms with van der Waals surface area (Å²) < 4.78 is 2.51. The summed E-state index contributed by atoms with van der Waals surface area (Å²) in [4.78, 5) is 5.12. The predicted octanol–water partition coefficient (Wildman–Crippen LogP) is 12.6. The summed E-state index contributed by atoms with van der Waals surface area (Å²) in [5, 5.41) is 0. The molecular weight excluding hydrogens is 520 g/mol. The van der Waals surface area contributed by atoms with Gasteiger partial charge in [-0.3, -0.25) is 0 Å². The molecule has 0 fully saturated rings. The van der Waals surface area contributed by atoms with Crippen molar-refractivity contribution in [3.63, 3.8) is 0 Å². The van der Waals surface area contributed by atoms with Crippen molar-refractivity contribution in [2.75, 3.05) is 0 Å². The largest absolute Gasteiger partial charge is 0.335 e. The highest BCUT2D eigenvalue weighted by Crippen LogP contribution is 2.44. The molecule has 2 aromatic carbocycles. The fraction of sp³-hybridized carbons (Fsp3) is 0.634. The van der Waals surface area contributed by atoms with E-state index in [-0.39, 0.29) is 5.41 Å². The Hall–Kier alpha value is -2.35. The first-order chi connectivity index (χ1) is 21.2. The van der Waals surface area contributed by atoms with Gasteiger partial charge >= 0.3 is 0 Å². The molecule has 2 nitrogen and oxygen atoms in total. The molecule has 0 radical (unpaired) electrons. The molecule has 2 atom stereocenters. The Labute approximate surface area is 266 Å². The third-order valence-electron chi connectivity index (χ3n) is 9.77. The minimum atomic E-state index is -0.0232. The van der Waals surface area contributed by atoms with Crippen LogP contribution in [-0.2, 0) is 18.4 Å². The number of rotatable bonds is 25. The standard InChI is InChI=1S/C41H64N2/c1-4-6-8-10-12-13-14-15-16-17-18-26-32-39(40-42-33-35-43(40)34-27-19-11-9-7-5-2)41(3,38-30-24-21-25-31-38)36-37-28-22-20-23-29-37/h20-25,28-31,33,35,39H,4-19,26-27,32,34,36H2,1-3H3. The Morgan fingerprint density at radius 3 is 1.65 bits per heavy atom. The van der Waals surface area contributed by atoms with Crippen LogP contribution < -0.4 is 0 Å². The maximum Gasteiger partial charge on any atom is 0.112 e. The quantitative estimate of drug-likeness (QED) is 0.0906. The zero-order valence-corrected chi connectivity index (χ0v) is 28.2. The normalized spacial score (nSPS) is 13.7. The smallest absolute Gasteiger partial charge is 0.112 e. The summed E-state index contributed by atoms with van der Waals surface area (Å²) in [5.74, 6) is 1.69. The average Bonchev–Trinajstić information content (AvgIpc) is 3.50. The molecule has 0 amide bonds. The Kier molecular flexibility index (Phi) is 17.5. The number of hydrogen-bond acceptors (Lipinski definition) is 1. The van der Waals surface area contributed by atoms with Crippen molar-refractivity contribution in [2.45, 2.75) is 167 Å². The molecule has 3 aromatic rings. The van der Waals surface area contributed by atoms with E-state index in [9.17, 15) is 0 Å². The molecule has 0 aliphatic carbocycles. The van der Waals surface area contributed by atoms with Gasteiger partial charge < -0.3 is 4.57 Å². The van der Waals surface area contributed by atoms with E-state index in [0.717, 1.165) is 13.0 Å². The number of aryl methyl sites for hydroxylation is 1. The van der Waals surface area contributed by atoms with Crippen molar-refractivity contribution in [3.05, 3.63) is 90.0 Å². The number of imidazole rings is 1. The Balaban J connectivity index is 1.67. The van der Waals surface area contributed by atoms with Crippen LogP contribution in [0.1, 0.15) is 166 Å². The topological polar surface area (TPSA) is 17.8 Å². The predicted molar refractivity (Wildman–Crippen MR) is 188 cm³/mol. The summed E-state index contributed by atoms with van der Waals surface area (Å²) in [6, 6.07) is 22.5. The SMILES string of the molecule is CCCCCCCCCCCCCCC(c1nccn1CCCCCCCC)C(C)(Cc1ccccc1)c1ccccc1. The summed E-state index contributed by atoms with van der Waals surface area (Å²) in [6.07, 6.45) is 31.2. The van der Waals surface area contributed by atoms with Gasteiger partial charge in [0.15, 0.2) is 0 Å². The van der Waals surface area contributed by atoms with Crippen molar-refractivity contribution in [1.29, 1.82) is 0 Å². The molecule has 0 bridgehead atoms. The van der Waals surface area contributed by atoms with Crippen molar-refractivity contribution in [3.8, 4) is 0 Å². The molecule has 0 N–H and O–H groups in total. The van der Waals surface area contributed by atoms with Crippen molar-refractivity contribution in [2.24, 2.45) is 0 Å². The highest BCUT2D eigenvalue weighted by molar-refractivity contribution is 5.33. The number of nitrogens with zero attached hydrogens (tertiary/aromatic N) is 2. The van der Waals surface area contributed by atoms with Gasteiger partial charge in [-0.1, -0.05) is 191 Å². The number of benzene rings is 2. The third kappa shape index (κ3) is 12.7. The van der Waals surface area contributed by atoms with Crippen LogP contribution in [0.15, 0.2) is 73.1 Å². The van der Waals surface area contributed by atoms with Crippen LogP contribution >= 0.6 is 0 Å². The number of hydrogen-bond donors (Lipinski definition) is 0. The van der Waals surface area contributed by atoms with Gasteiger partial charge in [-0.15, -0.1) is 0 Å². The molecule has 2 unspecified atom stereocenters. The van der Waals surface area contributed by atoms with Gasteiger partial charge in [0.1, 0.15) is 5.82 Å². The molecule has 0 spiro atoms. The van der Waals surface area contributed by atoms with Gasteiger partial charge in [0, 0.05) is 30.3 Å². The van der Waals surface area contributed by atoms with Gasteiger partial charge in [-0.05, 0) is 30.4 Å². The molecule has 0 aliphatic heterocycles. The second-order valence-corrected chi connectivity index (χ2v) is 13.4. The summed E-state index contributed by atoms with van der Waals surface area (Å²) in [7, 11) is 0. The van der Waals surface area contributed by atoms with E-state index in [1.54, 1.807) is 0 Å². The zero-order chi connectivity index (χ0) is 30.4. The first-order valence-corrected chi connectivity index (χ1v) is 18.3. The molecule has 0 aliphatic rings. The van der Waals surface area contributed by atoms with E-state index in [1.807, 2.05) is 0 Å². The Morgan fingerprint density at radius 1 is 0.605 bits per heavy atom. The lowest BCUT2D eigenvalue weighted by atomic mass is 9.66. The van der Waals surface area contributed by atoms with Gasteiger partial charge in [0.05, 0.1) is 0 Å². The average molecular weight is 585 g/mol. The first kappa shape index (κ1) is 35.1. The maximum atomic E-state index is 5.12. The van der Waals surface area contributed by atoms with E-state index in [4.69, 9.17) is 4.98 Å². The van der Waals surface area contributed by atoms with Gasteiger partial charge in [0.25, 0.3) is 0 Å². The lowest BCUT2D eigenvalue weighted by molar-refractivity contribution is 0.321. The van der Waals surface area contributed by atoms with Crippen LogP contribution in [0.25, 0.3) is 0 Å². The molecule has 1 heterocycles. The molecule has 43 heavy (non-hydrogen) atoms. The fourth-order valence-corrected chi connectivity index (χ4v) is 7.07. The van der Waals surface area contributed by atoms with Gasteiger partial charge in [-0.2, -0.15) is 0 Å². The number of aromatic nitrogens is 2. The van der Waals surface area contributed by atoms with Crippen LogP contribution in [0.4, 0.5) is 0 Å². The molecule has 1 aromatic heterocycles. The van der Waals surface area contributed by atoms with E-state index in [1.165, 1.54) is 139 Å². The monoisotopic (exact) mass is 585 g/mol. The summed E-state index contributed by atoms with van der Waals surface area (Å²) >= 11 is 0. The van der Waals surface area contributed by atoms with E-state index < -0.39 is 0 Å². The highest BCUT2D eigenvalue weighted by Gasteiger charge is 2.39. The van der Waals surface area contributed by atoms with Crippen LogP contribution in [0, 0.1) is 0 Å². The molecule has 238 valence electrons. The second kappa shape index (κ2) is 21.4. The third-order valence-corrected chi connectivity index (χ3v) is 9.77. The number of unbranched alkanes of at least 4 members (excludes halogenated alkanes) is 16. The summed E-state index contributed by atoms with van der Waals surface area (Å²) in [5.41, 5.74) is 2.84. The van der Waals surface area contributed by atoms with Crippen molar-refractivity contribution < 1.29 is 0 Å². The molecule has 3 rings (SSSR count). The van der Waals surface area contributed by atoms with Crippen molar-refractivity contribution in [1.82, 2.24) is 9.55 Å². The van der Waals surface area contributed by atoms with Crippen LogP contribution in [0.5, 0.6) is 0 Å².